The van der Waals surface area contributed by atoms with Gasteiger partial charge >= 0.3 is 0 Å². The topological polar surface area (TPSA) is 66.0 Å². The van der Waals surface area contributed by atoms with E-state index in [4.69, 9.17) is 11.1 Å². The molecule has 1 heterocycles. The smallest absolute Gasteiger partial charge is 0.133 e. The van der Waals surface area contributed by atoms with Gasteiger partial charge in [-0.25, -0.2) is 4.98 Å². The zero-order valence-corrected chi connectivity index (χ0v) is 12.1. The lowest BCUT2D eigenvalue weighted by molar-refractivity contribution is 0.977. The van der Waals surface area contributed by atoms with Crippen LogP contribution in [0.25, 0.3) is 0 Å². The van der Waals surface area contributed by atoms with Crippen molar-refractivity contribution in [2.24, 2.45) is 5.73 Å². The Morgan fingerprint density at radius 1 is 1.25 bits per heavy atom. The molecule has 0 amide bonds. The fourth-order valence-electron chi connectivity index (χ4n) is 2.22. The second-order valence-corrected chi connectivity index (χ2v) is 4.85. The number of amidine groups is 1. The number of aromatic nitrogens is 1. The minimum Gasteiger partial charge on any atom is -0.384 e. The highest BCUT2D eigenvalue weighted by Gasteiger charge is 2.11. The molecule has 1 aromatic heterocycles. The summed E-state index contributed by atoms with van der Waals surface area (Å²) >= 11 is 0. The van der Waals surface area contributed by atoms with Gasteiger partial charge in [-0.15, -0.1) is 0 Å². The Kier molecular flexibility index (Phi) is 4.03. The van der Waals surface area contributed by atoms with Gasteiger partial charge in [-0.2, -0.15) is 0 Å². The molecule has 3 N–H and O–H groups in total. The van der Waals surface area contributed by atoms with Crippen molar-refractivity contribution < 1.29 is 0 Å². The first-order chi connectivity index (χ1) is 9.51. The van der Waals surface area contributed by atoms with Crippen LogP contribution in [-0.2, 0) is 0 Å². The molecule has 20 heavy (non-hydrogen) atoms. The minimum atomic E-state index is 0.0667. The van der Waals surface area contributed by atoms with Gasteiger partial charge in [-0.1, -0.05) is 12.1 Å². The first-order valence-electron chi connectivity index (χ1n) is 6.68. The van der Waals surface area contributed by atoms with E-state index in [0.717, 1.165) is 23.7 Å². The number of benzene rings is 1. The number of nitrogens with one attached hydrogen (secondary N) is 1. The van der Waals surface area contributed by atoms with Crippen LogP contribution in [0.1, 0.15) is 23.7 Å². The van der Waals surface area contributed by atoms with E-state index >= 15 is 0 Å². The first kappa shape index (κ1) is 14.1. The lowest BCUT2D eigenvalue weighted by Crippen LogP contribution is -2.19. The van der Waals surface area contributed by atoms with Gasteiger partial charge in [-0.05, 0) is 50.6 Å². The second-order valence-electron chi connectivity index (χ2n) is 4.85. The predicted octanol–water partition coefficient (Wildman–Crippen LogP) is 3.14. The number of pyridine rings is 1. The highest BCUT2D eigenvalue weighted by Crippen LogP contribution is 2.25. The van der Waals surface area contributed by atoms with Crippen molar-refractivity contribution in [2.45, 2.75) is 20.8 Å². The van der Waals surface area contributed by atoms with Crippen molar-refractivity contribution >= 4 is 17.3 Å². The average molecular weight is 268 g/mol. The summed E-state index contributed by atoms with van der Waals surface area (Å²) < 4.78 is 0. The lowest BCUT2D eigenvalue weighted by Gasteiger charge is -2.23. The van der Waals surface area contributed by atoms with E-state index in [2.05, 4.69) is 41.9 Å². The Labute approximate surface area is 119 Å². The quantitative estimate of drug-likeness (QED) is 0.661. The summed E-state index contributed by atoms with van der Waals surface area (Å²) in [5.41, 5.74) is 9.47. The third kappa shape index (κ3) is 2.96. The molecule has 2 aromatic rings. The van der Waals surface area contributed by atoms with E-state index in [9.17, 15) is 0 Å². The van der Waals surface area contributed by atoms with Gasteiger partial charge in [0.15, 0.2) is 0 Å². The van der Waals surface area contributed by atoms with Crippen LogP contribution < -0.4 is 10.6 Å². The average Bonchev–Trinajstić information content (AvgIpc) is 2.39. The molecule has 0 saturated heterocycles. The van der Waals surface area contributed by atoms with Gasteiger partial charge in [0.1, 0.15) is 11.7 Å². The molecule has 104 valence electrons. The summed E-state index contributed by atoms with van der Waals surface area (Å²) in [6.07, 6.45) is 0. The zero-order valence-electron chi connectivity index (χ0n) is 12.1. The number of rotatable bonds is 4. The molecule has 1 aromatic carbocycles. The van der Waals surface area contributed by atoms with Crippen molar-refractivity contribution in [1.29, 1.82) is 5.41 Å². The fraction of sp³-hybridized carbons (Fsp3) is 0.250. The standard InChI is InChI=1S/C16H20N4/c1-4-20(14-7-5-6-11(2)8-14)15-10-13(16(17)18)9-12(3)19-15/h5-10H,4H2,1-3H3,(H3,17,18). The molecule has 0 aliphatic rings. The van der Waals surface area contributed by atoms with Gasteiger partial charge in [0.25, 0.3) is 0 Å². The van der Waals surface area contributed by atoms with E-state index in [1.807, 2.05) is 25.1 Å². The first-order valence-corrected chi connectivity index (χ1v) is 6.68. The minimum absolute atomic E-state index is 0.0667. The fourth-order valence-corrected chi connectivity index (χ4v) is 2.22. The van der Waals surface area contributed by atoms with Crippen LogP contribution in [0, 0.1) is 19.3 Å². The number of hydrogen-bond acceptors (Lipinski definition) is 3. The van der Waals surface area contributed by atoms with Crippen LogP contribution in [0.3, 0.4) is 0 Å². The largest absolute Gasteiger partial charge is 0.384 e. The summed E-state index contributed by atoms with van der Waals surface area (Å²) in [6.45, 7) is 6.87. The number of nitrogens with two attached hydrogens (primary N) is 1. The maximum absolute atomic E-state index is 7.60. The van der Waals surface area contributed by atoms with Gasteiger partial charge in [-0.3, -0.25) is 5.41 Å². The number of nitrogens with zero attached hydrogens (tertiary/aromatic N) is 2. The number of hydrogen-bond donors (Lipinski definition) is 2. The SMILES string of the molecule is CCN(c1cccc(C)c1)c1cc(C(=N)N)cc(C)n1. The highest BCUT2D eigenvalue weighted by molar-refractivity contribution is 5.95. The van der Waals surface area contributed by atoms with E-state index in [0.29, 0.717) is 5.56 Å². The summed E-state index contributed by atoms with van der Waals surface area (Å²) in [4.78, 5) is 6.68. The predicted molar refractivity (Wildman–Crippen MR) is 83.8 cm³/mol. The third-order valence-electron chi connectivity index (χ3n) is 3.16. The molecular weight excluding hydrogens is 248 g/mol. The second kappa shape index (κ2) is 5.74. The van der Waals surface area contributed by atoms with Gasteiger partial charge in [0.05, 0.1) is 0 Å². The third-order valence-corrected chi connectivity index (χ3v) is 3.16. The van der Waals surface area contributed by atoms with Crippen LogP contribution in [-0.4, -0.2) is 17.4 Å². The van der Waals surface area contributed by atoms with Crippen LogP contribution in [0.5, 0.6) is 0 Å². The monoisotopic (exact) mass is 268 g/mol. The van der Waals surface area contributed by atoms with Crippen LogP contribution in [0.15, 0.2) is 36.4 Å². The molecule has 0 bridgehead atoms. The van der Waals surface area contributed by atoms with Crippen LogP contribution >= 0.6 is 0 Å². The molecule has 0 radical (unpaired) electrons. The summed E-state index contributed by atoms with van der Waals surface area (Å²) in [5.74, 6) is 0.889. The molecule has 4 heteroatoms. The molecule has 2 rings (SSSR count). The van der Waals surface area contributed by atoms with Gasteiger partial charge < -0.3 is 10.6 Å². The van der Waals surface area contributed by atoms with E-state index in [1.165, 1.54) is 5.56 Å². The molecule has 0 saturated carbocycles. The zero-order chi connectivity index (χ0) is 14.7. The summed E-state index contributed by atoms with van der Waals surface area (Å²) in [6, 6.07) is 12.0. The molecule has 0 fully saturated rings. The number of anilines is 2. The summed E-state index contributed by atoms with van der Waals surface area (Å²) in [7, 11) is 0. The van der Waals surface area contributed by atoms with Crippen molar-refractivity contribution in [3.8, 4) is 0 Å². The maximum Gasteiger partial charge on any atom is 0.133 e. The number of nitrogen functional groups attached to an aromatic ring is 1. The van der Waals surface area contributed by atoms with Crippen LogP contribution in [0.2, 0.25) is 0 Å². The molecular formula is C16H20N4. The maximum atomic E-state index is 7.60. The highest BCUT2D eigenvalue weighted by atomic mass is 15.2. The number of aryl methyl sites for hydroxylation is 2. The van der Waals surface area contributed by atoms with Crippen LogP contribution in [0.4, 0.5) is 11.5 Å². The normalized spacial score (nSPS) is 10.3. The van der Waals surface area contributed by atoms with Crippen molar-refractivity contribution in [3.05, 3.63) is 53.2 Å². The van der Waals surface area contributed by atoms with Gasteiger partial charge in [0.2, 0.25) is 0 Å². The Morgan fingerprint density at radius 2 is 2.00 bits per heavy atom. The van der Waals surface area contributed by atoms with Crippen molar-refractivity contribution in [3.63, 3.8) is 0 Å². The Balaban J connectivity index is 2.49. The Bertz CT molecular complexity index is 634. The van der Waals surface area contributed by atoms with Crippen molar-refractivity contribution in [2.75, 3.05) is 11.4 Å². The van der Waals surface area contributed by atoms with E-state index in [-0.39, 0.29) is 5.84 Å². The molecule has 0 atom stereocenters. The molecule has 4 nitrogen and oxygen atoms in total. The molecule has 0 unspecified atom stereocenters. The molecule has 0 aliphatic heterocycles. The molecule has 0 aliphatic carbocycles. The van der Waals surface area contributed by atoms with Gasteiger partial charge in [0, 0.05) is 23.5 Å². The molecule has 0 spiro atoms. The van der Waals surface area contributed by atoms with E-state index in [1.54, 1.807) is 0 Å². The Hall–Kier alpha value is -2.36. The lowest BCUT2D eigenvalue weighted by atomic mass is 10.1. The van der Waals surface area contributed by atoms with E-state index < -0.39 is 0 Å². The Morgan fingerprint density at radius 3 is 2.60 bits per heavy atom. The van der Waals surface area contributed by atoms with Crippen molar-refractivity contribution in [1.82, 2.24) is 4.98 Å². The summed E-state index contributed by atoms with van der Waals surface area (Å²) in [5, 5.41) is 7.60.